The molecule has 1 fully saturated rings. The standard InChI is InChI=1S/C23H22BrNO5/c1-13-11-16-12-15(5-8-18(16)30-13)21(26)19-20(14-3-6-17(24)7-4-14)25(9-10-29-2)23(28)22(19)27/h3-8,12-13,20,26H,9-11H2,1-2H3/b21-19+. The maximum atomic E-state index is 12.9. The first kappa shape index (κ1) is 20.6. The minimum atomic E-state index is -0.693. The lowest BCUT2D eigenvalue weighted by Crippen LogP contribution is -2.32. The molecule has 0 saturated carbocycles. The van der Waals surface area contributed by atoms with Gasteiger partial charge in [-0.15, -0.1) is 0 Å². The normalized spacial score (nSPS) is 22.3. The highest BCUT2D eigenvalue weighted by Crippen LogP contribution is 2.40. The molecular formula is C23H22BrNO5. The summed E-state index contributed by atoms with van der Waals surface area (Å²) in [6.07, 6.45) is 0.800. The highest BCUT2D eigenvalue weighted by molar-refractivity contribution is 9.10. The van der Waals surface area contributed by atoms with Crippen LogP contribution in [0.25, 0.3) is 5.76 Å². The van der Waals surface area contributed by atoms with Gasteiger partial charge in [0.15, 0.2) is 0 Å². The largest absolute Gasteiger partial charge is 0.507 e. The van der Waals surface area contributed by atoms with Gasteiger partial charge in [-0.2, -0.15) is 0 Å². The third-order valence-electron chi connectivity index (χ3n) is 5.43. The summed E-state index contributed by atoms with van der Waals surface area (Å²) in [6.45, 7) is 2.51. The minimum absolute atomic E-state index is 0.0692. The number of ketones is 1. The van der Waals surface area contributed by atoms with Crippen LogP contribution in [-0.4, -0.2) is 48.1 Å². The van der Waals surface area contributed by atoms with Crippen LogP contribution in [0.2, 0.25) is 0 Å². The van der Waals surface area contributed by atoms with Gasteiger partial charge in [-0.05, 0) is 48.4 Å². The molecule has 2 aliphatic rings. The zero-order valence-electron chi connectivity index (χ0n) is 16.7. The number of aliphatic hydroxyl groups is 1. The van der Waals surface area contributed by atoms with Crippen molar-refractivity contribution in [3.8, 4) is 5.75 Å². The Balaban J connectivity index is 1.82. The van der Waals surface area contributed by atoms with Crippen LogP contribution in [0.5, 0.6) is 5.75 Å². The predicted molar refractivity (Wildman–Crippen MR) is 115 cm³/mol. The number of likely N-dealkylation sites (tertiary alicyclic amines) is 1. The number of Topliss-reactive ketones (excluding diaryl/α,β-unsaturated/α-hetero) is 1. The number of methoxy groups -OCH3 is 1. The van der Waals surface area contributed by atoms with Crippen molar-refractivity contribution in [2.45, 2.75) is 25.5 Å². The fraction of sp³-hybridized carbons (Fsp3) is 0.304. The maximum Gasteiger partial charge on any atom is 0.295 e. The lowest BCUT2D eigenvalue weighted by molar-refractivity contribution is -0.140. The fourth-order valence-corrected chi connectivity index (χ4v) is 4.28. The van der Waals surface area contributed by atoms with Gasteiger partial charge in [-0.3, -0.25) is 9.59 Å². The van der Waals surface area contributed by atoms with Crippen LogP contribution < -0.4 is 4.74 Å². The molecule has 2 aromatic rings. The predicted octanol–water partition coefficient (Wildman–Crippen LogP) is 3.84. The van der Waals surface area contributed by atoms with Crippen molar-refractivity contribution < 1.29 is 24.2 Å². The summed E-state index contributed by atoms with van der Waals surface area (Å²) in [6, 6.07) is 12.0. The van der Waals surface area contributed by atoms with Gasteiger partial charge in [0, 0.05) is 30.1 Å². The number of halogens is 1. The van der Waals surface area contributed by atoms with E-state index in [0.29, 0.717) is 5.56 Å². The third-order valence-corrected chi connectivity index (χ3v) is 5.96. The molecule has 1 saturated heterocycles. The molecule has 0 bridgehead atoms. The van der Waals surface area contributed by atoms with Gasteiger partial charge in [0.25, 0.3) is 11.7 Å². The minimum Gasteiger partial charge on any atom is -0.507 e. The molecule has 0 radical (unpaired) electrons. The maximum absolute atomic E-state index is 12.9. The van der Waals surface area contributed by atoms with Crippen molar-refractivity contribution in [2.75, 3.05) is 20.3 Å². The number of carbonyl (C=O) groups excluding carboxylic acids is 2. The van der Waals surface area contributed by atoms with E-state index in [1.807, 2.05) is 37.3 Å². The Morgan fingerprint density at radius 2 is 1.97 bits per heavy atom. The quantitative estimate of drug-likeness (QED) is 0.407. The van der Waals surface area contributed by atoms with E-state index in [1.54, 1.807) is 19.2 Å². The van der Waals surface area contributed by atoms with Gasteiger partial charge in [0.2, 0.25) is 0 Å². The van der Waals surface area contributed by atoms with Gasteiger partial charge in [0.05, 0.1) is 18.2 Å². The van der Waals surface area contributed by atoms with E-state index in [1.165, 1.54) is 4.90 Å². The molecule has 0 spiro atoms. The van der Waals surface area contributed by atoms with E-state index in [4.69, 9.17) is 9.47 Å². The van der Waals surface area contributed by atoms with Gasteiger partial charge in [-0.25, -0.2) is 0 Å². The van der Waals surface area contributed by atoms with Crippen molar-refractivity contribution >= 4 is 33.4 Å². The second-order valence-electron chi connectivity index (χ2n) is 7.49. The molecule has 2 heterocycles. The van der Waals surface area contributed by atoms with E-state index in [0.717, 1.165) is 27.8 Å². The number of ether oxygens (including phenoxy) is 2. The van der Waals surface area contributed by atoms with Gasteiger partial charge < -0.3 is 19.5 Å². The topological polar surface area (TPSA) is 76.1 Å². The Labute approximate surface area is 183 Å². The molecule has 7 heteroatoms. The molecule has 2 aromatic carbocycles. The van der Waals surface area contributed by atoms with E-state index >= 15 is 0 Å². The lowest BCUT2D eigenvalue weighted by atomic mass is 9.94. The molecule has 2 aliphatic heterocycles. The molecule has 0 aromatic heterocycles. The first-order valence-electron chi connectivity index (χ1n) is 9.73. The number of hydrogen-bond acceptors (Lipinski definition) is 5. The molecule has 1 amide bonds. The highest BCUT2D eigenvalue weighted by atomic mass is 79.9. The molecule has 2 atom stereocenters. The zero-order valence-corrected chi connectivity index (χ0v) is 18.3. The number of benzene rings is 2. The first-order chi connectivity index (χ1) is 14.4. The average molecular weight is 472 g/mol. The van der Waals surface area contributed by atoms with E-state index < -0.39 is 17.7 Å². The van der Waals surface area contributed by atoms with Crippen LogP contribution in [0.1, 0.15) is 29.7 Å². The molecular weight excluding hydrogens is 450 g/mol. The molecule has 6 nitrogen and oxygen atoms in total. The number of amides is 1. The summed E-state index contributed by atoms with van der Waals surface area (Å²) in [5, 5.41) is 11.1. The molecule has 2 unspecified atom stereocenters. The van der Waals surface area contributed by atoms with Crippen LogP contribution in [0.4, 0.5) is 0 Å². The first-order valence-corrected chi connectivity index (χ1v) is 10.5. The SMILES string of the molecule is COCCN1C(=O)C(=O)/C(=C(/O)c2ccc3c(c2)CC(C)O3)C1c1ccc(Br)cc1. The van der Waals surface area contributed by atoms with Crippen molar-refractivity contribution in [2.24, 2.45) is 0 Å². The summed E-state index contributed by atoms with van der Waals surface area (Å²) in [7, 11) is 1.54. The summed E-state index contributed by atoms with van der Waals surface area (Å²) < 4.78 is 11.7. The van der Waals surface area contributed by atoms with E-state index in [-0.39, 0.29) is 30.6 Å². The van der Waals surface area contributed by atoms with Crippen LogP contribution >= 0.6 is 15.9 Å². The third kappa shape index (κ3) is 3.63. The molecule has 1 N–H and O–H groups in total. The second-order valence-corrected chi connectivity index (χ2v) is 8.41. The number of aliphatic hydroxyl groups excluding tert-OH is 1. The van der Waals surface area contributed by atoms with E-state index in [2.05, 4.69) is 15.9 Å². The molecule has 0 aliphatic carbocycles. The Bertz CT molecular complexity index is 1030. The molecule has 156 valence electrons. The second kappa shape index (κ2) is 8.24. The highest BCUT2D eigenvalue weighted by Gasteiger charge is 2.45. The van der Waals surface area contributed by atoms with Crippen molar-refractivity contribution in [3.63, 3.8) is 0 Å². The number of fused-ring (bicyclic) bond motifs is 1. The van der Waals surface area contributed by atoms with Crippen molar-refractivity contribution in [1.29, 1.82) is 0 Å². The summed E-state index contributed by atoms with van der Waals surface area (Å²) >= 11 is 3.41. The molecule has 4 rings (SSSR count). The zero-order chi connectivity index (χ0) is 21.4. The number of nitrogens with zero attached hydrogens (tertiary/aromatic N) is 1. The Kier molecular flexibility index (Phi) is 5.66. The van der Waals surface area contributed by atoms with Crippen LogP contribution in [0, 0.1) is 0 Å². The Hall–Kier alpha value is -2.64. The smallest absolute Gasteiger partial charge is 0.295 e. The van der Waals surface area contributed by atoms with E-state index in [9.17, 15) is 14.7 Å². The van der Waals surface area contributed by atoms with Crippen LogP contribution in [0.3, 0.4) is 0 Å². The Morgan fingerprint density at radius 1 is 1.23 bits per heavy atom. The fourth-order valence-electron chi connectivity index (χ4n) is 4.02. The Morgan fingerprint density at radius 3 is 2.67 bits per heavy atom. The van der Waals surface area contributed by atoms with Gasteiger partial charge in [0.1, 0.15) is 17.6 Å². The average Bonchev–Trinajstić information content (AvgIpc) is 3.22. The number of carbonyl (C=O) groups is 2. The van der Waals surface area contributed by atoms with Crippen LogP contribution in [0.15, 0.2) is 52.5 Å². The summed E-state index contributed by atoms with van der Waals surface area (Å²) in [5.74, 6) is -0.728. The van der Waals surface area contributed by atoms with Crippen LogP contribution in [-0.2, 0) is 20.7 Å². The summed E-state index contributed by atoms with van der Waals surface area (Å²) in [4.78, 5) is 27.2. The lowest BCUT2D eigenvalue weighted by Gasteiger charge is -2.25. The summed E-state index contributed by atoms with van der Waals surface area (Å²) in [5.41, 5.74) is 2.30. The van der Waals surface area contributed by atoms with Gasteiger partial charge in [-0.1, -0.05) is 28.1 Å². The number of hydrogen-bond donors (Lipinski definition) is 1. The van der Waals surface area contributed by atoms with Crippen molar-refractivity contribution in [3.05, 3.63) is 69.2 Å². The monoisotopic (exact) mass is 471 g/mol. The van der Waals surface area contributed by atoms with Gasteiger partial charge >= 0.3 is 0 Å². The van der Waals surface area contributed by atoms with Crippen molar-refractivity contribution in [1.82, 2.24) is 4.90 Å². The molecule has 30 heavy (non-hydrogen) atoms. The number of rotatable bonds is 5.